The third kappa shape index (κ3) is 4.13. The molecule has 0 fully saturated rings. The Morgan fingerprint density at radius 3 is 2.82 bits per heavy atom. The molecule has 5 heteroatoms. The molecule has 0 aromatic heterocycles. The standard InChI is InChI=1S/C12H14N2O3/c13-8-10-4-5-11(17-12(14)16)7-9(10)3-1-2-6-15/h4-5,7,15H,1-3,6H2,(H2,14,16). The molecule has 0 radical (unpaired) electrons. The first-order valence-electron chi connectivity index (χ1n) is 5.28. The first-order valence-corrected chi connectivity index (χ1v) is 5.28. The summed E-state index contributed by atoms with van der Waals surface area (Å²) in [4.78, 5) is 10.6. The Bertz CT molecular complexity index is 438. The largest absolute Gasteiger partial charge is 0.410 e. The van der Waals surface area contributed by atoms with E-state index in [1.165, 1.54) is 6.07 Å². The van der Waals surface area contributed by atoms with Crippen molar-refractivity contribution in [2.24, 2.45) is 5.73 Å². The summed E-state index contributed by atoms with van der Waals surface area (Å²) in [6.45, 7) is 0.124. The number of nitrogens with two attached hydrogens (primary N) is 1. The van der Waals surface area contributed by atoms with Gasteiger partial charge in [-0.25, -0.2) is 4.79 Å². The number of amides is 1. The van der Waals surface area contributed by atoms with E-state index in [1.807, 2.05) is 0 Å². The van der Waals surface area contributed by atoms with Crippen LogP contribution in [0, 0.1) is 11.3 Å². The number of ether oxygens (including phenoxy) is 1. The van der Waals surface area contributed by atoms with E-state index in [1.54, 1.807) is 12.1 Å². The van der Waals surface area contributed by atoms with Gasteiger partial charge in [0.2, 0.25) is 0 Å². The van der Waals surface area contributed by atoms with Crippen LogP contribution in [-0.2, 0) is 6.42 Å². The molecule has 0 aliphatic carbocycles. The Labute approximate surface area is 99.4 Å². The molecule has 0 aliphatic rings. The number of hydrogen-bond acceptors (Lipinski definition) is 4. The maximum atomic E-state index is 10.6. The van der Waals surface area contributed by atoms with Gasteiger partial charge in [0.1, 0.15) is 5.75 Å². The van der Waals surface area contributed by atoms with E-state index in [2.05, 4.69) is 6.07 Å². The van der Waals surface area contributed by atoms with Gasteiger partial charge in [-0.15, -0.1) is 0 Å². The smallest absolute Gasteiger partial charge is 0.409 e. The summed E-state index contributed by atoms with van der Waals surface area (Å²) in [5, 5.41) is 17.6. The second kappa shape index (κ2) is 6.51. The van der Waals surface area contributed by atoms with E-state index in [0.717, 1.165) is 12.0 Å². The van der Waals surface area contributed by atoms with Gasteiger partial charge in [0, 0.05) is 6.61 Å². The predicted octanol–water partition coefficient (Wildman–Crippen LogP) is 1.33. The summed E-state index contributed by atoms with van der Waals surface area (Å²) >= 11 is 0. The van der Waals surface area contributed by atoms with Crippen LogP contribution < -0.4 is 10.5 Å². The number of carbonyl (C=O) groups is 1. The van der Waals surface area contributed by atoms with Gasteiger partial charge in [0.15, 0.2) is 0 Å². The van der Waals surface area contributed by atoms with Crippen molar-refractivity contribution < 1.29 is 14.6 Å². The molecule has 0 heterocycles. The second-order valence-electron chi connectivity index (χ2n) is 3.53. The Kier molecular flexibility index (Phi) is 4.98. The SMILES string of the molecule is N#Cc1ccc(OC(N)=O)cc1CCCCO. The molecule has 0 saturated carbocycles. The number of unbranched alkanes of at least 4 members (excludes halogenated alkanes) is 1. The van der Waals surface area contributed by atoms with Gasteiger partial charge in [-0.05, 0) is 43.0 Å². The highest BCUT2D eigenvalue weighted by Crippen LogP contribution is 2.19. The van der Waals surface area contributed by atoms with Gasteiger partial charge in [0.05, 0.1) is 11.6 Å². The Hall–Kier alpha value is -2.06. The minimum atomic E-state index is -0.879. The van der Waals surface area contributed by atoms with Crippen molar-refractivity contribution >= 4 is 6.09 Å². The van der Waals surface area contributed by atoms with E-state index in [0.29, 0.717) is 24.2 Å². The summed E-state index contributed by atoms with van der Waals surface area (Å²) in [7, 11) is 0. The molecule has 0 bridgehead atoms. The van der Waals surface area contributed by atoms with Crippen LogP contribution >= 0.6 is 0 Å². The van der Waals surface area contributed by atoms with Crippen molar-refractivity contribution in [3.63, 3.8) is 0 Å². The van der Waals surface area contributed by atoms with Gasteiger partial charge in [0.25, 0.3) is 0 Å². The maximum absolute atomic E-state index is 10.6. The quantitative estimate of drug-likeness (QED) is 0.751. The number of aryl methyl sites for hydroxylation is 1. The highest BCUT2D eigenvalue weighted by molar-refractivity contribution is 5.68. The fourth-order valence-corrected chi connectivity index (χ4v) is 1.49. The van der Waals surface area contributed by atoms with Crippen LogP contribution in [0.2, 0.25) is 0 Å². The molecule has 0 atom stereocenters. The number of carbonyl (C=O) groups excluding carboxylic acids is 1. The number of nitrogens with zero attached hydrogens (tertiary/aromatic N) is 1. The van der Waals surface area contributed by atoms with Crippen LogP contribution in [0.1, 0.15) is 24.0 Å². The summed E-state index contributed by atoms with van der Waals surface area (Å²) in [6.07, 6.45) is 1.21. The first kappa shape index (κ1) is 13.0. The fraction of sp³-hybridized carbons (Fsp3) is 0.333. The molecule has 3 N–H and O–H groups in total. The lowest BCUT2D eigenvalue weighted by atomic mass is 10.0. The molecule has 1 amide bonds. The van der Waals surface area contributed by atoms with Crippen molar-refractivity contribution in [1.82, 2.24) is 0 Å². The molecule has 0 unspecified atom stereocenters. The third-order valence-corrected chi connectivity index (χ3v) is 2.27. The molecule has 5 nitrogen and oxygen atoms in total. The average Bonchev–Trinajstić information content (AvgIpc) is 2.29. The van der Waals surface area contributed by atoms with Gasteiger partial charge in [-0.3, -0.25) is 0 Å². The molecule has 0 spiro atoms. The lowest BCUT2D eigenvalue weighted by Gasteiger charge is -2.06. The normalized spacial score (nSPS) is 9.65. The molecule has 1 aromatic carbocycles. The lowest BCUT2D eigenvalue weighted by molar-refractivity contribution is 0.211. The summed E-state index contributed by atoms with van der Waals surface area (Å²) in [5.74, 6) is 0.329. The molecule has 0 aliphatic heterocycles. The van der Waals surface area contributed by atoms with Crippen LogP contribution in [0.4, 0.5) is 4.79 Å². The fourth-order valence-electron chi connectivity index (χ4n) is 1.49. The zero-order valence-electron chi connectivity index (χ0n) is 9.35. The molecule has 1 rings (SSSR count). The number of aliphatic hydroxyl groups excluding tert-OH is 1. The summed E-state index contributed by atoms with van der Waals surface area (Å²) in [5.41, 5.74) is 6.24. The third-order valence-electron chi connectivity index (χ3n) is 2.27. The zero-order valence-corrected chi connectivity index (χ0v) is 9.35. The van der Waals surface area contributed by atoms with Gasteiger partial charge >= 0.3 is 6.09 Å². The van der Waals surface area contributed by atoms with Crippen LogP contribution in [0.15, 0.2) is 18.2 Å². The van der Waals surface area contributed by atoms with Crippen molar-refractivity contribution in [2.45, 2.75) is 19.3 Å². The molecule has 0 saturated heterocycles. The minimum absolute atomic E-state index is 0.124. The number of nitriles is 1. The van der Waals surface area contributed by atoms with Crippen molar-refractivity contribution in [3.05, 3.63) is 29.3 Å². The van der Waals surface area contributed by atoms with E-state index in [9.17, 15) is 4.79 Å². The van der Waals surface area contributed by atoms with Crippen LogP contribution in [-0.4, -0.2) is 17.8 Å². The highest BCUT2D eigenvalue weighted by atomic mass is 16.5. The maximum Gasteiger partial charge on any atom is 0.409 e. The monoisotopic (exact) mass is 234 g/mol. The number of aliphatic hydroxyl groups is 1. The predicted molar refractivity (Wildman–Crippen MR) is 61.4 cm³/mol. The second-order valence-corrected chi connectivity index (χ2v) is 3.53. The van der Waals surface area contributed by atoms with E-state index in [-0.39, 0.29) is 6.61 Å². The van der Waals surface area contributed by atoms with E-state index in [4.69, 9.17) is 20.8 Å². The molecule has 17 heavy (non-hydrogen) atoms. The average molecular weight is 234 g/mol. The Morgan fingerprint density at radius 1 is 1.47 bits per heavy atom. The number of benzene rings is 1. The van der Waals surface area contributed by atoms with Gasteiger partial charge in [-0.2, -0.15) is 5.26 Å². The molecule has 1 aromatic rings. The van der Waals surface area contributed by atoms with Crippen LogP contribution in [0.3, 0.4) is 0 Å². The molecular weight excluding hydrogens is 220 g/mol. The number of hydrogen-bond donors (Lipinski definition) is 2. The van der Waals surface area contributed by atoms with Crippen LogP contribution in [0.5, 0.6) is 5.75 Å². The molecular formula is C12H14N2O3. The minimum Gasteiger partial charge on any atom is -0.410 e. The van der Waals surface area contributed by atoms with Crippen molar-refractivity contribution in [1.29, 1.82) is 5.26 Å². The van der Waals surface area contributed by atoms with Crippen molar-refractivity contribution in [3.8, 4) is 11.8 Å². The number of rotatable bonds is 5. The van der Waals surface area contributed by atoms with E-state index >= 15 is 0 Å². The van der Waals surface area contributed by atoms with Gasteiger partial charge < -0.3 is 15.6 Å². The lowest BCUT2D eigenvalue weighted by Crippen LogP contribution is -2.16. The summed E-state index contributed by atoms with van der Waals surface area (Å²) in [6, 6.07) is 6.81. The Balaban J connectivity index is 2.83. The number of primary amides is 1. The van der Waals surface area contributed by atoms with Crippen molar-refractivity contribution in [2.75, 3.05) is 6.61 Å². The zero-order chi connectivity index (χ0) is 12.7. The first-order chi connectivity index (χ1) is 8.17. The van der Waals surface area contributed by atoms with Gasteiger partial charge in [-0.1, -0.05) is 0 Å². The topological polar surface area (TPSA) is 96.3 Å². The Morgan fingerprint density at radius 2 is 2.24 bits per heavy atom. The molecule has 90 valence electrons. The summed E-state index contributed by atoms with van der Waals surface area (Å²) < 4.78 is 4.74. The van der Waals surface area contributed by atoms with E-state index < -0.39 is 6.09 Å². The highest BCUT2D eigenvalue weighted by Gasteiger charge is 2.06. The van der Waals surface area contributed by atoms with Crippen LogP contribution in [0.25, 0.3) is 0 Å².